The zero-order valence-electron chi connectivity index (χ0n) is 15.7. The first-order valence-corrected chi connectivity index (χ1v) is 9.02. The third-order valence-corrected chi connectivity index (χ3v) is 5.06. The Bertz CT molecular complexity index is 596. The van der Waals surface area contributed by atoms with Crippen molar-refractivity contribution in [2.24, 2.45) is 22.1 Å². The monoisotopic (exact) mass is 325 g/mol. The van der Waals surface area contributed by atoms with Crippen molar-refractivity contribution in [3.63, 3.8) is 0 Å². The molecule has 0 aromatic heterocycles. The lowest BCUT2D eigenvalue weighted by molar-refractivity contribution is 0.355. The van der Waals surface area contributed by atoms with Crippen LogP contribution in [0.5, 0.6) is 0 Å². The molecule has 0 heterocycles. The second-order valence-electron chi connectivity index (χ2n) is 7.07. The average Bonchev–Trinajstić information content (AvgIpc) is 2.64. The molecule has 2 rings (SSSR count). The maximum absolute atomic E-state index is 4.76. The molecule has 0 fully saturated rings. The van der Waals surface area contributed by atoms with Gasteiger partial charge < -0.3 is 4.90 Å². The first-order chi connectivity index (χ1) is 11.5. The van der Waals surface area contributed by atoms with Crippen molar-refractivity contribution < 1.29 is 0 Å². The lowest BCUT2D eigenvalue weighted by Crippen LogP contribution is -2.20. The Labute approximate surface area is 147 Å². The standard InChI is InChI=1S/C21H31N3/c1-6-18-10-8-7-9-16(2)17(3)15-21(18)23-22-19-11-13-20(14-12-19)24(4)5/h7-9,11-14,17-18,21H,6,10,15H2,1-5H3/b8-7+,16-9+,23-22?. The number of allylic oxidation sites excluding steroid dienone is 4. The smallest absolute Gasteiger partial charge is 0.0854 e. The van der Waals surface area contributed by atoms with E-state index in [0.717, 1.165) is 24.9 Å². The van der Waals surface area contributed by atoms with Gasteiger partial charge in [-0.25, -0.2) is 0 Å². The maximum Gasteiger partial charge on any atom is 0.0854 e. The number of azo groups is 1. The summed E-state index contributed by atoms with van der Waals surface area (Å²) in [6.45, 7) is 6.78. The highest BCUT2D eigenvalue weighted by Crippen LogP contribution is 2.29. The lowest BCUT2D eigenvalue weighted by Gasteiger charge is -2.23. The summed E-state index contributed by atoms with van der Waals surface area (Å²) in [4.78, 5) is 2.09. The Morgan fingerprint density at radius 1 is 1.17 bits per heavy atom. The van der Waals surface area contributed by atoms with E-state index < -0.39 is 0 Å². The third kappa shape index (κ3) is 5.05. The highest BCUT2D eigenvalue weighted by Gasteiger charge is 2.22. The Hall–Kier alpha value is -1.90. The fourth-order valence-electron chi connectivity index (χ4n) is 3.07. The van der Waals surface area contributed by atoms with E-state index in [1.807, 2.05) is 26.2 Å². The van der Waals surface area contributed by atoms with Crippen LogP contribution in [-0.4, -0.2) is 20.1 Å². The summed E-state index contributed by atoms with van der Waals surface area (Å²) in [7, 11) is 4.09. The molecule has 0 saturated carbocycles. The molecule has 3 nitrogen and oxygen atoms in total. The topological polar surface area (TPSA) is 28.0 Å². The third-order valence-electron chi connectivity index (χ3n) is 5.06. The Balaban J connectivity index is 2.16. The van der Waals surface area contributed by atoms with Crippen molar-refractivity contribution in [2.75, 3.05) is 19.0 Å². The van der Waals surface area contributed by atoms with Gasteiger partial charge in [0.15, 0.2) is 0 Å². The van der Waals surface area contributed by atoms with Crippen LogP contribution in [0.15, 0.2) is 58.3 Å². The van der Waals surface area contributed by atoms with E-state index in [1.165, 1.54) is 11.3 Å². The van der Waals surface area contributed by atoms with Gasteiger partial charge in [0.05, 0.1) is 11.7 Å². The van der Waals surface area contributed by atoms with E-state index in [0.29, 0.717) is 11.8 Å². The van der Waals surface area contributed by atoms with Crippen molar-refractivity contribution in [3.05, 3.63) is 48.1 Å². The Morgan fingerprint density at radius 2 is 1.88 bits per heavy atom. The molecule has 3 unspecified atom stereocenters. The van der Waals surface area contributed by atoms with E-state index in [-0.39, 0.29) is 6.04 Å². The van der Waals surface area contributed by atoms with Crippen LogP contribution in [-0.2, 0) is 0 Å². The minimum atomic E-state index is 0.282. The van der Waals surface area contributed by atoms with E-state index >= 15 is 0 Å². The molecule has 1 aliphatic rings. The summed E-state index contributed by atoms with van der Waals surface area (Å²) in [5.74, 6) is 1.11. The molecule has 0 spiro atoms. The van der Waals surface area contributed by atoms with E-state index in [9.17, 15) is 0 Å². The minimum Gasteiger partial charge on any atom is -0.378 e. The van der Waals surface area contributed by atoms with Crippen molar-refractivity contribution in [1.29, 1.82) is 0 Å². The molecule has 130 valence electrons. The van der Waals surface area contributed by atoms with Gasteiger partial charge in [0.25, 0.3) is 0 Å². The Kier molecular flexibility index (Phi) is 6.77. The maximum atomic E-state index is 4.76. The predicted octanol–water partition coefficient (Wildman–Crippen LogP) is 6.16. The average molecular weight is 326 g/mol. The van der Waals surface area contributed by atoms with Gasteiger partial charge in [0.2, 0.25) is 0 Å². The molecule has 1 aromatic rings. The molecule has 24 heavy (non-hydrogen) atoms. The first-order valence-electron chi connectivity index (χ1n) is 9.02. The molecule has 0 N–H and O–H groups in total. The van der Waals surface area contributed by atoms with Crippen LogP contribution in [0.3, 0.4) is 0 Å². The van der Waals surface area contributed by atoms with Crippen LogP contribution < -0.4 is 4.90 Å². The number of rotatable bonds is 4. The van der Waals surface area contributed by atoms with Crippen LogP contribution in [0.25, 0.3) is 0 Å². The number of nitrogens with zero attached hydrogens (tertiary/aromatic N) is 3. The number of anilines is 1. The van der Waals surface area contributed by atoms with Crippen LogP contribution in [0.4, 0.5) is 11.4 Å². The normalized spacial score (nSPS) is 28.5. The Morgan fingerprint density at radius 3 is 2.50 bits per heavy atom. The fourth-order valence-corrected chi connectivity index (χ4v) is 3.07. The second-order valence-corrected chi connectivity index (χ2v) is 7.07. The van der Waals surface area contributed by atoms with Crippen LogP contribution >= 0.6 is 0 Å². The fraction of sp³-hybridized carbons (Fsp3) is 0.524. The first kappa shape index (κ1) is 18.4. The van der Waals surface area contributed by atoms with Crippen molar-refractivity contribution in [3.8, 4) is 0 Å². The molecule has 3 atom stereocenters. The SMILES string of the molecule is CCC1C/C=C/C=C(\C)C(C)CC1N=Nc1ccc(N(C)C)cc1. The summed E-state index contributed by atoms with van der Waals surface area (Å²) < 4.78 is 0. The molecule has 0 amide bonds. The van der Waals surface area contributed by atoms with E-state index in [1.54, 1.807) is 0 Å². The number of hydrogen-bond acceptors (Lipinski definition) is 3. The van der Waals surface area contributed by atoms with Crippen molar-refractivity contribution >= 4 is 11.4 Å². The van der Waals surface area contributed by atoms with Gasteiger partial charge in [-0.2, -0.15) is 10.2 Å². The van der Waals surface area contributed by atoms with Crippen molar-refractivity contribution in [2.45, 2.75) is 46.1 Å². The second kappa shape index (κ2) is 8.81. The number of benzene rings is 1. The van der Waals surface area contributed by atoms with Gasteiger partial charge >= 0.3 is 0 Å². The van der Waals surface area contributed by atoms with Gasteiger partial charge in [-0.1, -0.05) is 44.1 Å². The summed E-state index contributed by atoms with van der Waals surface area (Å²) in [6, 6.07) is 8.55. The zero-order valence-corrected chi connectivity index (χ0v) is 15.7. The summed E-state index contributed by atoms with van der Waals surface area (Å²) in [5.41, 5.74) is 3.55. The highest BCUT2D eigenvalue weighted by atomic mass is 15.1. The van der Waals surface area contributed by atoms with Gasteiger partial charge in [0, 0.05) is 19.8 Å². The van der Waals surface area contributed by atoms with Crippen LogP contribution in [0.1, 0.15) is 40.0 Å². The molecule has 1 aromatic carbocycles. The summed E-state index contributed by atoms with van der Waals surface area (Å²) in [5, 5.41) is 9.31. The van der Waals surface area contributed by atoms with Crippen LogP contribution in [0.2, 0.25) is 0 Å². The molecule has 0 aliphatic heterocycles. The molecule has 0 saturated heterocycles. The molecule has 0 bridgehead atoms. The largest absolute Gasteiger partial charge is 0.378 e. The lowest BCUT2D eigenvalue weighted by atomic mass is 9.86. The molecule has 1 aliphatic carbocycles. The van der Waals surface area contributed by atoms with Gasteiger partial charge in [0.1, 0.15) is 0 Å². The molecule has 3 heteroatoms. The molecular weight excluding hydrogens is 294 g/mol. The van der Waals surface area contributed by atoms with Gasteiger partial charge in [-0.05, 0) is 55.9 Å². The predicted molar refractivity (Wildman–Crippen MR) is 104 cm³/mol. The van der Waals surface area contributed by atoms with E-state index in [2.05, 4.69) is 61.1 Å². The summed E-state index contributed by atoms with van der Waals surface area (Å²) >= 11 is 0. The molecule has 0 radical (unpaired) electrons. The van der Waals surface area contributed by atoms with Gasteiger partial charge in [-0.15, -0.1) is 0 Å². The highest BCUT2D eigenvalue weighted by molar-refractivity contribution is 5.51. The molecular formula is C21H31N3. The number of hydrogen-bond donors (Lipinski definition) is 0. The van der Waals surface area contributed by atoms with Gasteiger partial charge in [-0.3, -0.25) is 0 Å². The van der Waals surface area contributed by atoms with Crippen LogP contribution in [0, 0.1) is 11.8 Å². The quantitative estimate of drug-likeness (QED) is 0.609. The minimum absolute atomic E-state index is 0.282. The van der Waals surface area contributed by atoms with Crippen molar-refractivity contribution in [1.82, 2.24) is 0 Å². The zero-order chi connectivity index (χ0) is 17.5. The summed E-state index contributed by atoms with van der Waals surface area (Å²) in [6.07, 6.45) is 10.0. The van der Waals surface area contributed by atoms with E-state index in [4.69, 9.17) is 5.11 Å².